The fourth-order valence-electron chi connectivity index (χ4n) is 2.79. The molecule has 0 bridgehead atoms. The molecule has 0 aromatic carbocycles. The number of thioether (sulfide) groups is 1. The third-order valence-corrected chi connectivity index (χ3v) is 5.91. The van der Waals surface area contributed by atoms with Crippen molar-refractivity contribution in [2.24, 2.45) is 5.92 Å². The van der Waals surface area contributed by atoms with E-state index in [0.29, 0.717) is 5.92 Å². The van der Waals surface area contributed by atoms with Gasteiger partial charge in [-0.3, -0.25) is 4.57 Å². The molecule has 1 fully saturated rings. The van der Waals surface area contributed by atoms with Crippen LogP contribution in [-0.2, 0) is 23.5 Å². The first-order valence-corrected chi connectivity index (χ1v) is 10.9. The number of aryl methyl sites for hydroxylation is 1. The molecule has 25 heavy (non-hydrogen) atoms. The summed E-state index contributed by atoms with van der Waals surface area (Å²) in [5.41, 5.74) is 1.14. The van der Waals surface area contributed by atoms with Gasteiger partial charge in [0.15, 0.2) is 5.16 Å². The molecular formula is C17H27N5OS2. The van der Waals surface area contributed by atoms with Crippen molar-refractivity contribution < 1.29 is 4.74 Å². The van der Waals surface area contributed by atoms with Crippen LogP contribution in [0.5, 0.6) is 0 Å². The van der Waals surface area contributed by atoms with Gasteiger partial charge in [0.2, 0.25) is 5.95 Å². The summed E-state index contributed by atoms with van der Waals surface area (Å²) in [6.07, 6.45) is 2.21. The summed E-state index contributed by atoms with van der Waals surface area (Å²) in [4.78, 5) is 7.00. The number of hydrogen-bond donors (Lipinski definition) is 0. The van der Waals surface area contributed by atoms with Crippen LogP contribution < -0.4 is 4.90 Å². The first-order valence-electron chi connectivity index (χ1n) is 8.99. The van der Waals surface area contributed by atoms with Crippen LogP contribution in [0, 0.1) is 5.92 Å². The van der Waals surface area contributed by atoms with Gasteiger partial charge in [-0.2, -0.15) is 0 Å². The Kier molecular flexibility index (Phi) is 6.72. The van der Waals surface area contributed by atoms with E-state index in [1.54, 1.807) is 23.1 Å². The molecule has 1 aliphatic heterocycles. The zero-order valence-electron chi connectivity index (χ0n) is 15.3. The largest absolute Gasteiger partial charge is 0.378 e. The van der Waals surface area contributed by atoms with Gasteiger partial charge < -0.3 is 9.64 Å². The maximum atomic E-state index is 5.47. The summed E-state index contributed by atoms with van der Waals surface area (Å²) in [7, 11) is 0. The van der Waals surface area contributed by atoms with Gasteiger partial charge in [-0.05, 0) is 18.8 Å². The van der Waals surface area contributed by atoms with Crippen molar-refractivity contribution in [1.82, 2.24) is 19.7 Å². The van der Waals surface area contributed by atoms with Crippen molar-refractivity contribution in [1.29, 1.82) is 0 Å². The van der Waals surface area contributed by atoms with E-state index in [9.17, 15) is 0 Å². The Bertz CT molecular complexity index is 664. The summed E-state index contributed by atoms with van der Waals surface area (Å²) in [6.45, 7) is 10.9. The fraction of sp³-hybridized carbons (Fsp3) is 0.706. The Balaban J connectivity index is 1.71. The van der Waals surface area contributed by atoms with Crippen molar-refractivity contribution in [3.05, 3.63) is 16.1 Å². The fourth-order valence-corrected chi connectivity index (χ4v) is 4.63. The second-order valence-corrected chi connectivity index (χ2v) is 8.54. The minimum absolute atomic E-state index is 0.547. The van der Waals surface area contributed by atoms with Gasteiger partial charge >= 0.3 is 0 Å². The lowest BCUT2D eigenvalue weighted by atomic mass is 10.2. The summed E-state index contributed by atoms with van der Waals surface area (Å²) >= 11 is 3.50. The molecule has 2 aromatic rings. The highest BCUT2D eigenvalue weighted by molar-refractivity contribution is 7.98. The van der Waals surface area contributed by atoms with Gasteiger partial charge in [0.05, 0.1) is 23.9 Å². The molecule has 6 nitrogen and oxygen atoms in total. The van der Waals surface area contributed by atoms with Crippen molar-refractivity contribution in [3.63, 3.8) is 0 Å². The van der Waals surface area contributed by atoms with Crippen LogP contribution in [0.2, 0.25) is 0 Å². The number of anilines is 1. The number of aromatic nitrogens is 4. The molecule has 2 aromatic heterocycles. The van der Waals surface area contributed by atoms with Gasteiger partial charge in [0.25, 0.3) is 0 Å². The Morgan fingerprint density at radius 3 is 2.80 bits per heavy atom. The predicted octanol–water partition coefficient (Wildman–Crippen LogP) is 3.47. The Labute approximate surface area is 158 Å². The van der Waals surface area contributed by atoms with E-state index >= 15 is 0 Å². The molecule has 1 saturated heterocycles. The maximum absolute atomic E-state index is 5.47. The van der Waals surface area contributed by atoms with Crippen LogP contribution in [-0.4, -0.2) is 46.1 Å². The zero-order valence-corrected chi connectivity index (χ0v) is 16.9. The highest BCUT2D eigenvalue weighted by Gasteiger charge is 2.21. The third-order valence-electron chi connectivity index (χ3n) is 3.95. The molecular weight excluding hydrogens is 354 g/mol. The van der Waals surface area contributed by atoms with Crippen LogP contribution >= 0.6 is 23.1 Å². The van der Waals surface area contributed by atoms with E-state index in [2.05, 4.69) is 45.8 Å². The number of nitrogens with zero attached hydrogens (tertiary/aromatic N) is 5. The first-order chi connectivity index (χ1) is 12.2. The number of ether oxygens (including phenoxy) is 1. The second-order valence-electron chi connectivity index (χ2n) is 6.66. The van der Waals surface area contributed by atoms with E-state index in [4.69, 9.17) is 9.72 Å². The molecule has 0 aliphatic carbocycles. The van der Waals surface area contributed by atoms with Gasteiger partial charge in [-0.1, -0.05) is 32.5 Å². The van der Waals surface area contributed by atoms with E-state index < -0.39 is 0 Å². The Morgan fingerprint density at radius 2 is 2.08 bits per heavy atom. The van der Waals surface area contributed by atoms with Crippen molar-refractivity contribution in [2.45, 2.75) is 51.1 Å². The Hall–Kier alpha value is -1.12. The quantitative estimate of drug-likeness (QED) is 0.653. The second kappa shape index (κ2) is 9.00. The molecule has 1 aliphatic rings. The topological polar surface area (TPSA) is 56.1 Å². The van der Waals surface area contributed by atoms with Crippen molar-refractivity contribution >= 4 is 29.0 Å². The molecule has 8 heteroatoms. The highest BCUT2D eigenvalue weighted by Crippen LogP contribution is 2.27. The molecule has 0 saturated carbocycles. The lowest BCUT2D eigenvalue weighted by Gasteiger charge is -2.28. The summed E-state index contributed by atoms with van der Waals surface area (Å²) < 4.78 is 7.73. The number of rotatable bonds is 8. The Morgan fingerprint density at radius 1 is 1.28 bits per heavy atom. The van der Waals surface area contributed by atoms with E-state index in [-0.39, 0.29) is 0 Å². The molecule has 0 N–H and O–H groups in total. The van der Waals surface area contributed by atoms with Crippen LogP contribution in [0.1, 0.15) is 37.9 Å². The minimum Gasteiger partial charge on any atom is -0.378 e. The average molecular weight is 382 g/mol. The summed E-state index contributed by atoms with van der Waals surface area (Å²) in [5, 5.41) is 13.3. The lowest BCUT2D eigenvalue weighted by molar-refractivity contribution is 0.121. The zero-order chi connectivity index (χ0) is 17.6. The van der Waals surface area contributed by atoms with Crippen LogP contribution in [0.25, 0.3) is 0 Å². The standard InChI is InChI=1S/C17H27N5OS2/c1-4-5-15-18-14(11-24-15)12-25-17-20-19-16(22(17)10-13(2)3)21-6-8-23-9-7-21/h11,13H,4-10,12H2,1-3H3. The molecule has 0 atom stereocenters. The van der Waals surface area contributed by atoms with E-state index in [0.717, 1.165) is 68.2 Å². The van der Waals surface area contributed by atoms with Crippen LogP contribution in [0.4, 0.5) is 5.95 Å². The monoisotopic (exact) mass is 381 g/mol. The van der Waals surface area contributed by atoms with Crippen molar-refractivity contribution in [2.75, 3.05) is 31.2 Å². The van der Waals surface area contributed by atoms with Crippen LogP contribution in [0.3, 0.4) is 0 Å². The number of morpholine rings is 1. The summed E-state index contributed by atoms with van der Waals surface area (Å²) in [5.74, 6) is 2.37. The van der Waals surface area contributed by atoms with Gasteiger partial charge in [-0.15, -0.1) is 21.5 Å². The smallest absolute Gasteiger partial charge is 0.228 e. The number of hydrogen-bond acceptors (Lipinski definition) is 7. The molecule has 0 radical (unpaired) electrons. The SMILES string of the molecule is CCCc1nc(CSc2nnc(N3CCOCC3)n2CC(C)C)cs1. The molecule has 0 amide bonds. The van der Waals surface area contributed by atoms with Gasteiger partial charge in [0.1, 0.15) is 0 Å². The van der Waals surface area contributed by atoms with Gasteiger partial charge in [-0.25, -0.2) is 4.98 Å². The lowest BCUT2D eigenvalue weighted by Crippen LogP contribution is -2.38. The third kappa shape index (κ3) is 4.95. The predicted molar refractivity (Wildman–Crippen MR) is 104 cm³/mol. The van der Waals surface area contributed by atoms with Gasteiger partial charge in [0, 0.05) is 30.8 Å². The van der Waals surface area contributed by atoms with E-state index in [1.165, 1.54) is 5.01 Å². The average Bonchev–Trinajstić information content (AvgIpc) is 3.21. The molecule has 138 valence electrons. The van der Waals surface area contributed by atoms with Crippen molar-refractivity contribution in [3.8, 4) is 0 Å². The molecule has 3 heterocycles. The molecule has 3 rings (SSSR count). The summed E-state index contributed by atoms with van der Waals surface area (Å²) in [6, 6.07) is 0. The van der Waals surface area contributed by atoms with Crippen LogP contribution in [0.15, 0.2) is 10.5 Å². The normalized spacial score (nSPS) is 15.3. The highest BCUT2D eigenvalue weighted by atomic mass is 32.2. The first kappa shape index (κ1) is 18.7. The number of thiazole rings is 1. The molecule has 0 spiro atoms. The minimum atomic E-state index is 0.547. The maximum Gasteiger partial charge on any atom is 0.228 e. The van der Waals surface area contributed by atoms with E-state index in [1.807, 2.05) is 0 Å². The molecule has 0 unspecified atom stereocenters.